The van der Waals surface area contributed by atoms with Gasteiger partial charge in [-0.3, -0.25) is 0 Å². The molecule has 0 amide bonds. The van der Waals surface area contributed by atoms with E-state index in [2.05, 4.69) is 4.40 Å². The molecule has 15 heavy (non-hydrogen) atoms. The smallest absolute Gasteiger partial charge is 0.337 e. The standard InChI is InChI=1S/C8H6N2O4S/c9-7-4-2-1-3-5(8(11)12)6(4)15(13,14)10-7/h1-3H,(H2,9,10)(H,11,12). The fourth-order valence-electron chi connectivity index (χ4n) is 1.41. The fraction of sp³-hybridized carbons (Fsp3) is 0. The Labute approximate surface area is 85.1 Å². The lowest BCUT2D eigenvalue weighted by molar-refractivity contribution is 0.0692. The summed E-state index contributed by atoms with van der Waals surface area (Å²) in [5.74, 6) is -1.49. The quantitative estimate of drug-likeness (QED) is 0.688. The molecule has 0 spiro atoms. The highest BCUT2D eigenvalue weighted by atomic mass is 32.2. The first-order chi connectivity index (χ1) is 6.93. The highest BCUT2D eigenvalue weighted by molar-refractivity contribution is 7.90. The molecule has 78 valence electrons. The van der Waals surface area contributed by atoms with Gasteiger partial charge in [0.1, 0.15) is 10.7 Å². The fourth-order valence-corrected chi connectivity index (χ4v) is 2.74. The van der Waals surface area contributed by atoms with Gasteiger partial charge in [-0.2, -0.15) is 8.42 Å². The van der Waals surface area contributed by atoms with Crippen molar-refractivity contribution in [3.63, 3.8) is 0 Å². The number of nitrogens with zero attached hydrogens (tertiary/aromatic N) is 1. The molecular weight excluding hydrogens is 220 g/mol. The van der Waals surface area contributed by atoms with Gasteiger partial charge in [-0.25, -0.2) is 4.79 Å². The first kappa shape index (κ1) is 9.66. The largest absolute Gasteiger partial charge is 0.478 e. The van der Waals surface area contributed by atoms with Crippen molar-refractivity contribution in [3.8, 4) is 0 Å². The molecule has 0 radical (unpaired) electrons. The van der Waals surface area contributed by atoms with E-state index in [9.17, 15) is 13.2 Å². The molecule has 1 aromatic carbocycles. The van der Waals surface area contributed by atoms with Gasteiger partial charge in [0.2, 0.25) is 0 Å². The van der Waals surface area contributed by atoms with Crippen LogP contribution in [0.5, 0.6) is 0 Å². The van der Waals surface area contributed by atoms with Crippen LogP contribution in [0.4, 0.5) is 0 Å². The molecule has 0 aromatic heterocycles. The van der Waals surface area contributed by atoms with Crippen molar-refractivity contribution in [2.24, 2.45) is 10.1 Å². The van der Waals surface area contributed by atoms with Gasteiger partial charge >= 0.3 is 5.97 Å². The first-order valence-electron chi connectivity index (χ1n) is 3.90. The van der Waals surface area contributed by atoms with Crippen LogP contribution >= 0.6 is 0 Å². The number of benzene rings is 1. The molecule has 1 heterocycles. The first-order valence-corrected chi connectivity index (χ1v) is 5.34. The third-order valence-corrected chi connectivity index (χ3v) is 3.39. The SMILES string of the molecule is NC1=NS(=O)(=O)c2c(C(=O)O)cccc21. The van der Waals surface area contributed by atoms with Crippen LogP contribution in [0.1, 0.15) is 15.9 Å². The van der Waals surface area contributed by atoms with Crippen LogP contribution in [0.2, 0.25) is 0 Å². The number of amidine groups is 1. The second-order valence-electron chi connectivity index (χ2n) is 2.94. The summed E-state index contributed by atoms with van der Waals surface area (Å²) in [5, 5.41) is 8.81. The van der Waals surface area contributed by atoms with Crippen molar-refractivity contribution in [3.05, 3.63) is 29.3 Å². The monoisotopic (exact) mass is 226 g/mol. The van der Waals surface area contributed by atoms with Crippen molar-refractivity contribution in [2.75, 3.05) is 0 Å². The lowest BCUT2D eigenvalue weighted by atomic mass is 10.1. The van der Waals surface area contributed by atoms with Gasteiger partial charge in [0, 0.05) is 5.56 Å². The topological polar surface area (TPSA) is 110 Å². The summed E-state index contributed by atoms with van der Waals surface area (Å²) in [5.41, 5.74) is 5.21. The maximum Gasteiger partial charge on any atom is 0.337 e. The van der Waals surface area contributed by atoms with Crippen LogP contribution in [-0.2, 0) is 10.0 Å². The zero-order valence-corrected chi connectivity index (χ0v) is 8.15. The van der Waals surface area contributed by atoms with Crippen LogP contribution in [0, 0.1) is 0 Å². The summed E-state index contributed by atoms with van der Waals surface area (Å²) in [7, 11) is -3.95. The van der Waals surface area contributed by atoms with E-state index < -0.39 is 16.0 Å². The van der Waals surface area contributed by atoms with Gasteiger partial charge in [0.15, 0.2) is 0 Å². The average molecular weight is 226 g/mol. The minimum Gasteiger partial charge on any atom is -0.478 e. The number of rotatable bonds is 1. The van der Waals surface area contributed by atoms with E-state index >= 15 is 0 Å². The minimum atomic E-state index is -3.95. The Morgan fingerprint density at radius 2 is 2.07 bits per heavy atom. The van der Waals surface area contributed by atoms with Crippen LogP contribution < -0.4 is 5.73 Å². The lowest BCUT2D eigenvalue weighted by Gasteiger charge is -2.01. The van der Waals surface area contributed by atoms with Crippen molar-refractivity contribution in [1.29, 1.82) is 0 Å². The minimum absolute atomic E-state index is 0.148. The number of nitrogens with two attached hydrogens (primary N) is 1. The lowest BCUT2D eigenvalue weighted by Crippen LogP contribution is -2.11. The predicted octanol–water partition coefficient (Wildman–Crippen LogP) is -0.208. The summed E-state index contributed by atoms with van der Waals surface area (Å²) in [6.07, 6.45) is 0. The number of carboxylic acid groups (broad SMARTS) is 1. The number of aromatic carboxylic acids is 1. The maximum atomic E-state index is 11.5. The zero-order valence-electron chi connectivity index (χ0n) is 7.34. The Balaban J connectivity index is 2.87. The Kier molecular flexibility index (Phi) is 1.80. The third-order valence-electron chi connectivity index (χ3n) is 2.00. The molecule has 0 saturated carbocycles. The molecule has 2 rings (SSSR count). The van der Waals surface area contributed by atoms with E-state index in [0.717, 1.165) is 0 Å². The molecule has 0 unspecified atom stereocenters. The Morgan fingerprint density at radius 1 is 1.40 bits per heavy atom. The van der Waals surface area contributed by atoms with E-state index in [1.165, 1.54) is 18.2 Å². The number of hydrogen-bond acceptors (Lipinski definition) is 4. The van der Waals surface area contributed by atoms with Crippen molar-refractivity contribution < 1.29 is 18.3 Å². The molecule has 1 aliphatic heterocycles. The zero-order chi connectivity index (χ0) is 11.2. The van der Waals surface area contributed by atoms with Gasteiger partial charge in [-0.15, -0.1) is 4.40 Å². The molecule has 0 aliphatic carbocycles. The van der Waals surface area contributed by atoms with Crippen LogP contribution in [0.3, 0.4) is 0 Å². The van der Waals surface area contributed by atoms with Gasteiger partial charge < -0.3 is 10.8 Å². The van der Waals surface area contributed by atoms with E-state index in [-0.39, 0.29) is 21.9 Å². The Bertz CT molecular complexity index is 589. The maximum absolute atomic E-state index is 11.5. The van der Waals surface area contributed by atoms with E-state index in [0.29, 0.717) is 0 Å². The molecule has 0 saturated heterocycles. The van der Waals surface area contributed by atoms with Gasteiger partial charge in [0.05, 0.1) is 5.56 Å². The summed E-state index contributed by atoms with van der Waals surface area (Å²) >= 11 is 0. The van der Waals surface area contributed by atoms with Crippen molar-refractivity contribution >= 4 is 21.8 Å². The van der Waals surface area contributed by atoms with Crippen LogP contribution in [0.15, 0.2) is 27.5 Å². The normalized spacial score (nSPS) is 16.9. The van der Waals surface area contributed by atoms with Gasteiger partial charge in [0.25, 0.3) is 10.0 Å². The number of carbonyl (C=O) groups is 1. The van der Waals surface area contributed by atoms with E-state index in [4.69, 9.17) is 10.8 Å². The summed E-state index contributed by atoms with van der Waals surface area (Å²) < 4.78 is 26.2. The number of fused-ring (bicyclic) bond motifs is 1. The van der Waals surface area contributed by atoms with Crippen molar-refractivity contribution in [2.45, 2.75) is 4.90 Å². The highest BCUT2D eigenvalue weighted by Gasteiger charge is 2.32. The van der Waals surface area contributed by atoms with Crippen LogP contribution in [-0.4, -0.2) is 25.3 Å². The molecule has 7 heteroatoms. The summed E-state index contributed by atoms with van der Waals surface area (Å²) in [6, 6.07) is 4.05. The number of carboxylic acids is 1. The van der Waals surface area contributed by atoms with Crippen LogP contribution in [0.25, 0.3) is 0 Å². The van der Waals surface area contributed by atoms with E-state index in [1.54, 1.807) is 0 Å². The average Bonchev–Trinajstić information content (AvgIpc) is 2.37. The Hall–Kier alpha value is -1.89. The molecule has 1 aromatic rings. The predicted molar refractivity (Wildman–Crippen MR) is 51.3 cm³/mol. The summed E-state index contributed by atoms with van der Waals surface area (Å²) in [4.78, 5) is 10.5. The second kappa shape index (κ2) is 2.80. The van der Waals surface area contributed by atoms with Gasteiger partial charge in [-0.05, 0) is 12.1 Å². The molecule has 1 aliphatic rings. The second-order valence-corrected chi connectivity index (χ2v) is 4.48. The molecule has 0 atom stereocenters. The number of hydrogen-bond donors (Lipinski definition) is 2. The molecule has 0 bridgehead atoms. The van der Waals surface area contributed by atoms with Crippen molar-refractivity contribution in [1.82, 2.24) is 0 Å². The summed E-state index contributed by atoms with van der Waals surface area (Å²) in [6.45, 7) is 0. The van der Waals surface area contributed by atoms with E-state index in [1.807, 2.05) is 0 Å². The molecular formula is C8H6N2O4S. The van der Waals surface area contributed by atoms with Gasteiger partial charge in [-0.1, -0.05) is 6.07 Å². The molecule has 3 N–H and O–H groups in total. The molecule has 6 nitrogen and oxygen atoms in total. The Morgan fingerprint density at radius 3 is 2.67 bits per heavy atom. The third kappa shape index (κ3) is 1.28. The molecule has 0 fully saturated rings. The number of sulfonamides is 1. The highest BCUT2D eigenvalue weighted by Crippen LogP contribution is 2.28.